The van der Waals surface area contributed by atoms with Crippen LogP contribution in [0.4, 0.5) is 17.1 Å². The Bertz CT molecular complexity index is 3190. The normalized spacial score (nSPS) is 11.3. The number of benzene rings is 11. The van der Waals surface area contributed by atoms with Gasteiger partial charge in [0.05, 0.1) is 0 Å². The topological polar surface area (TPSA) is 3.24 Å². The Morgan fingerprint density at radius 3 is 1.20 bits per heavy atom. The minimum absolute atomic E-state index is 1.09. The summed E-state index contributed by atoms with van der Waals surface area (Å²) < 4.78 is 0. The molecule has 0 bridgehead atoms. The maximum Gasteiger partial charge on any atom is 0.0462 e. The number of fused-ring (bicyclic) bond motifs is 3. The van der Waals surface area contributed by atoms with E-state index in [2.05, 4.69) is 254 Å². The van der Waals surface area contributed by atoms with E-state index in [0.29, 0.717) is 0 Å². The number of hydrogen-bond donors (Lipinski definition) is 0. The molecule has 0 aromatic heterocycles. The predicted molar refractivity (Wildman–Crippen MR) is 261 cm³/mol. The van der Waals surface area contributed by atoms with E-state index in [0.717, 1.165) is 17.1 Å². The van der Waals surface area contributed by atoms with Crippen LogP contribution in [-0.2, 0) is 0 Å². The Balaban J connectivity index is 0.989. The second-order valence-corrected chi connectivity index (χ2v) is 15.7. The van der Waals surface area contributed by atoms with Crippen molar-refractivity contribution in [3.63, 3.8) is 0 Å². The molecule has 11 rings (SSSR count). The summed E-state index contributed by atoms with van der Waals surface area (Å²) in [5, 5.41) is 7.50. The third-order valence-electron chi connectivity index (χ3n) is 12.1. The Kier molecular flexibility index (Phi) is 9.26. The molecule has 0 aliphatic rings. The highest BCUT2D eigenvalue weighted by Crippen LogP contribution is 2.41. The molecule has 1 nitrogen and oxygen atoms in total. The van der Waals surface area contributed by atoms with E-state index in [1.807, 2.05) is 0 Å². The summed E-state index contributed by atoms with van der Waals surface area (Å²) in [6, 6.07) is 90.4. The highest BCUT2D eigenvalue weighted by atomic mass is 15.1. The van der Waals surface area contributed by atoms with E-state index in [9.17, 15) is 0 Å². The Hall–Kier alpha value is -8.00. The van der Waals surface area contributed by atoms with Gasteiger partial charge in [-0.15, -0.1) is 0 Å². The van der Waals surface area contributed by atoms with Crippen molar-refractivity contribution in [1.82, 2.24) is 0 Å². The van der Waals surface area contributed by atoms with Crippen LogP contribution in [0.25, 0.3) is 88.0 Å². The monoisotopic (exact) mass is 775 g/mol. The molecule has 11 aromatic rings. The number of anilines is 3. The number of hydrogen-bond acceptors (Lipinski definition) is 1. The Morgan fingerprint density at radius 2 is 0.623 bits per heavy atom. The third-order valence-corrected chi connectivity index (χ3v) is 12.1. The van der Waals surface area contributed by atoms with Crippen LogP contribution in [0.5, 0.6) is 0 Å². The summed E-state index contributed by atoms with van der Waals surface area (Å²) in [4.78, 5) is 2.36. The molecule has 0 spiro atoms. The maximum atomic E-state index is 2.36. The molecule has 0 unspecified atom stereocenters. The lowest BCUT2D eigenvalue weighted by Crippen LogP contribution is -2.09. The first kappa shape index (κ1) is 36.1. The molecule has 0 saturated carbocycles. The molecule has 0 saturated heterocycles. The van der Waals surface area contributed by atoms with Crippen LogP contribution < -0.4 is 4.90 Å². The molecule has 61 heavy (non-hydrogen) atoms. The lowest BCUT2D eigenvalue weighted by Gasteiger charge is -2.26. The molecule has 0 N–H and O–H groups in total. The van der Waals surface area contributed by atoms with Gasteiger partial charge in [-0.3, -0.25) is 0 Å². The van der Waals surface area contributed by atoms with Gasteiger partial charge in [0, 0.05) is 17.1 Å². The maximum absolute atomic E-state index is 2.36. The van der Waals surface area contributed by atoms with Crippen molar-refractivity contribution in [3.05, 3.63) is 249 Å². The van der Waals surface area contributed by atoms with Crippen molar-refractivity contribution in [2.45, 2.75) is 0 Å². The van der Waals surface area contributed by atoms with Crippen molar-refractivity contribution < 1.29 is 0 Å². The molecule has 0 atom stereocenters. The second kappa shape index (κ2) is 15.6. The van der Waals surface area contributed by atoms with Gasteiger partial charge in [-0.05, 0) is 136 Å². The fourth-order valence-electron chi connectivity index (χ4n) is 8.97. The lowest BCUT2D eigenvalue weighted by atomic mass is 9.90. The molecule has 0 radical (unpaired) electrons. The molecule has 1 heteroatoms. The average Bonchev–Trinajstić information content (AvgIpc) is 3.34. The van der Waals surface area contributed by atoms with Gasteiger partial charge in [0.2, 0.25) is 0 Å². The van der Waals surface area contributed by atoms with E-state index < -0.39 is 0 Å². The number of nitrogens with zero attached hydrogens (tertiary/aromatic N) is 1. The number of rotatable bonds is 8. The van der Waals surface area contributed by atoms with E-state index in [1.54, 1.807) is 0 Å². The van der Waals surface area contributed by atoms with Crippen molar-refractivity contribution in [2.24, 2.45) is 0 Å². The SMILES string of the molecule is c1ccc(-c2ccc(-c3ccc(N(c4ccc(-c5cccc6ccccc56)cc4)c4ccc(-c5cccc6ccccc56)cc4)cc3)cc2-c2ccc3ccccc3c2)cc1. The fraction of sp³-hybridized carbons (Fsp3) is 0. The van der Waals surface area contributed by atoms with Crippen LogP contribution in [0.3, 0.4) is 0 Å². The second-order valence-electron chi connectivity index (χ2n) is 15.7. The molecule has 286 valence electrons. The first-order valence-electron chi connectivity index (χ1n) is 21.0. The van der Waals surface area contributed by atoms with E-state index in [1.165, 1.54) is 88.0 Å². The van der Waals surface area contributed by atoms with E-state index in [-0.39, 0.29) is 0 Å². The summed E-state index contributed by atoms with van der Waals surface area (Å²) in [7, 11) is 0. The van der Waals surface area contributed by atoms with E-state index in [4.69, 9.17) is 0 Å². The van der Waals surface area contributed by atoms with Crippen molar-refractivity contribution >= 4 is 49.4 Å². The van der Waals surface area contributed by atoms with Crippen molar-refractivity contribution in [2.75, 3.05) is 4.90 Å². The fourth-order valence-corrected chi connectivity index (χ4v) is 8.97. The highest BCUT2D eigenvalue weighted by molar-refractivity contribution is 5.99. The van der Waals surface area contributed by atoms with Gasteiger partial charge >= 0.3 is 0 Å². The summed E-state index contributed by atoms with van der Waals surface area (Å²) in [6.07, 6.45) is 0. The Labute approximate surface area is 357 Å². The largest absolute Gasteiger partial charge is 0.311 e. The van der Waals surface area contributed by atoms with Crippen LogP contribution in [0.2, 0.25) is 0 Å². The van der Waals surface area contributed by atoms with Crippen molar-refractivity contribution in [3.8, 4) is 55.6 Å². The standard InChI is InChI=1S/C60H41N/c1-2-13-44(14-3-1)59-39-32-50(41-60(59)51-25-24-42-12-4-5-17-49(42)40-51)43-26-33-52(34-27-43)61(53-35-28-47(29-36-53)57-22-10-18-45-15-6-8-20-55(45)57)54-37-30-48(31-38-54)58-23-11-19-46-16-7-9-21-56(46)58/h1-41H. The lowest BCUT2D eigenvalue weighted by molar-refractivity contribution is 1.28. The smallest absolute Gasteiger partial charge is 0.0462 e. The van der Waals surface area contributed by atoms with Crippen LogP contribution in [-0.4, -0.2) is 0 Å². The van der Waals surface area contributed by atoms with Crippen LogP contribution >= 0.6 is 0 Å². The first-order chi connectivity index (χ1) is 30.2. The van der Waals surface area contributed by atoms with Gasteiger partial charge in [0.25, 0.3) is 0 Å². The summed E-state index contributed by atoms with van der Waals surface area (Å²) in [5.41, 5.74) is 15.4. The molecule has 0 fully saturated rings. The summed E-state index contributed by atoms with van der Waals surface area (Å²) >= 11 is 0. The quantitative estimate of drug-likeness (QED) is 0.149. The molecule has 0 aliphatic carbocycles. The van der Waals surface area contributed by atoms with Gasteiger partial charge in [0.15, 0.2) is 0 Å². The zero-order chi connectivity index (χ0) is 40.5. The third kappa shape index (κ3) is 6.93. The average molecular weight is 776 g/mol. The van der Waals surface area contributed by atoms with Gasteiger partial charge < -0.3 is 4.90 Å². The molecule has 0 heterocycles. The predicted octanol–water partition coefficient (Wildman–Crippen LogP) is 17.0. The minimum atomic E-state index is 1.09. The molecular formula is C60H41N. The first-order valence-corrected chi connectivity index (χ1v) is 21.0. The summed E-state index contributed by atoms with van der Waals surface area (Å²) in [5.74, 6) is 0. The molecule has 0 aliphatic heterocycles. The van der Waals surface area contributed by atoms with Crippen LogP contribution in [0.15, 0.2) is 249 Å². The highest BCUT2D eigenvalue weighted by Gasteiger charge is 2.16. The van der Waals surface area contributed by atoms with Gasteiger partial charge in [-0.25, -0.2) is 0 Å². The Morgan fingerprint density at radius 1 is 0.197 bits per heavy atom. The molecular weight excluding hydrogens is 735 g/mol. The zero-order valence-electron chi connectivity index (χ0n) is 33.6. The van der Waals surface area contributed by atoms with Crippen LogP contribution in [0.1, 0.15) is 0 Å². The van der Waals surface area contributed by atoms with E-state index >= 15 is 0 Å². The van der Waals surface area contributed by atoms with Gasteiger partial charge in [-0.1, -0.05) is 200 Å². The molecule has 0 amide bonds. The summed E-state index contributed by atoms with van der Waals surface area (Å²) in [6.45, 7) is 0. The van der Waals surface area contributed by atoms with Crippen LogP contribution in [0, 0.1) is 0 Å². The van der Waals surface area contributed by atoms with Gasteiger partial charge in [-0.2, -0.15) is 0 Å². The molecule has 11 aromatic carbocycles. The van der Waals surface area contributed by atoms with Crippen molar-refractivity contribution in [1.29, 1.82) is 0 Å². The zero-order valence-corrected chi connectivity index (χ0v) is 33.6. The van der Waals surface area contributed by atoms with Gasteiger partial charge in [0.1, 0.15) is 0 Å². The minimum Gasteiger partial charge on any atom is -0.311 e.